The van der Waals surface area contributed by atoms with Crippen LogP contribution >= 0.6 is 0 Å². The average molecular weight is 324 g/mol. The summed E-state index contributed by atoms with van der Waals surface area (Å²) in [6, 6.07) is 11.8. The fourth-order valence-electron chi connectivity index (χ4n) is 3.93. The van der Waals surface area contributed by atoms with Gasteiger partial charge in [-0.15, -0.1) is 0 Å². The standard InChI is InChI=1S/C21H28N2O/c1-15(2)17-11-12-21(3,4)13-18(17)19(14-22)20(24)23(5)16-9-7-6-8-10-16/h6-10,17-19H,1,11-13H2,2-5H3/t17-,18+,19+/m1/s1. The molecule has 3 atom stereocenters. The maximum absolute atomic E-state index is 13.0. The molecule has 1 aliphatic carbocycles. The molecular weight excluding hydrogens is 296 g/mol. The number of hydrogen-bond donors (Lipinski definition) is 0. The van der Waals surface area contributed by atoms with E-state index < -0.39 is 5.92 Å². The van der Waals surface area contributed by atoms with Crippen molar-refractivity contribution >= 4 is 11.6 Å². The van der Waals surface area contributed by atoms with Crippen LogP contribution in [0.5, 0.6) is 0 Å². The summed E-state index contributed by atoms with van der Waals surface area (Å²) in [5.41, 5.74) is 2.08. The number of allylic oxidation sites excluding steroid dienone is 1. The Hall–Kier alpha value is -2.08. The highest BCUT2D eigenvalue weighted by molar-refractivity contribution is 5.96. The summed E-state index contributed by atoms with van der Waals surface area (Å²) < 4.78 is 0. The lowest BCUT2D eigenvalue weighted by atomic mass is 9.62. The van der Waals surface area contributed by atoms with Gasteiger partial charge in [-0.1, -0.05) is 44.2 Å². The van der Waals surface area contributed by atoms with Crippen LogP contribution < -0.4 is 4.90 Å². The molecule has 0 radical (unpaired) electrons. The van der Waals surface area contributed by atoms with E-state index in [1.165, 1.54) is 0 Å². The van der Waals surface area contributed by atoms with Crippen molar-refractivity contribution in [2.24, 2.45) is 23.2 Å². The number of benzene rings is 1. The molecule has 1 aromatic rings. The number of hydrogen-bond acceptors (Lipinski definition) is 2. The Kier molecular flexibility index (Phi) is 5.49. The largest absolute Gasteiger partial charge is 0.314 e. The van der Waals surface area contributed by atoms with Gasteiger partial charge in [-0.05, 0) is 55.6 Å². The van der Waals surface area contributed by atoms with Gasteiger partial charge < -0.3 is 4.90 Å². The van der Waals surface area contributed by atoms with Crippen LogP contribution in [0.1, 0.15) is 40.0 Å². The number of carbonyl (C=O) groups is 1. The Labute approximate surface area is 146 Å². The Morgan fingerprint density at radius 3 is 2.54 bits per heavy atom. The maximum Gasteiger partial charge on any atom is 0.244 e. The maximum atomic E-state index is 13.0. The molecule has 0 bridgehead atoms. The van der Waals surface area contributed by atoms with Gasteiger partial charge in [0.05, 0.1) is 6.07 Å². The lowest BCUT2D eigenvalue weighted by Crippen LogP contribution is -2.42. The van der Waals surface area contributed by atoms with E-state index in [2.05, 4.69) is 26.5 Å². The second-order valence-corrected chi connectivity index (χ2v) is 7.86. The highest BCUT2D eigenvalue weighted by Gasteiger charge is 2.43. The molecule has 3 nitrogen and oxygen atoms in total. The normalized spacial score (nSPS) is 23.8. The van der Waals surface area contributed by atoms with Crippen molar-refractivity contribution in [3.63, 3.8) is 0 Å². The Morgan fingerprint density at radius 1 is 1.38 bits per heavy atom. The Balaban J connectivity index is 2.29. The minimum atomic E-state index is -0.628. The molecule has 1 saturated carbocycles. The van der Waals surface area contributed by atoms with Gasteiger partial charge in [0.1, 0.15) is 5.92 Å². The molecule has 2 rings (SSSR count). The second kappa shape index (κ2) is 7.21. The molecule has 0 unspecified atom stereocenters. The molecule has 0 aliphatic heterocycles. The molecule has 0 spiro atoms. The van der Waals surface area contributed by atoms with Gasteiger partial charge in [-0.3, -0.25) is 4.79 Å². The summed E-state index contributed by atoms with van der Waals surface area (Å²) in [7, 11) is 1.76. The van der Waals surface area contributed by atoms with Crippen LogP contribution in [-0.2, 0) is 4.79 Å². The molecule has 3 heteroatoms. The van der Waals surface area contributed by atoms with Crippen LogP contribution in [0.3, 0.4) is 0 Å². The van der Waals surface area contributed by atoms with Crippen LogP contribution in [0.4, 0.5) is 5.69 Å². The van der Waals surface area contributed by atoms with Crippen molar-refractivity contribution in [3.05, 3.63) is 42.5 Å². The number of carbonyl (C=O) groups excluding carboxylic acids is 1. The van der Waals surface area contributed by atoms with E-state index >= 15 is 0 Å². The third kappa shape index (κ3) is 3.87. The zero-order chi connectivity index (χ0) is 17.9. The molecule has 1 aliphatic rings. The summed E-state index contributed by atoms with van der Waals surface area (Å²) in [6.45, 7) is 10.6. The predicted octanol–water partition coefficient (Wildman–Crippen LogP) is 4.81. The van der Waals surface area contributed by atoms with Crippen LogP contribution in [0.15, 0.2) is 42.5 Å². The summed E-state index contributed by atoms with van der Waals surface area (Å²) in [5, 5.41) is 9.79. The fraction of sp³-hybridized carbons (Fsp3) is 0.524. The van der Waals surface area contributed by atoms with E-state index in [0.717, 1.165) is 30.5 Å². The quantitative estimate of drug-likeness (QED) is 0.746. The third-order valence-electron chi connectivity index (χ3n) is 5.38. The van der Waals surface area contributed by atoms with Gasteiger partial charge in [0.25, 0.3) is 0 Å². The van der Waals surface area contributed by atoms with E-state index in [0.29, 0.717) is 0 Å². The highest BCUT2D eigenvalue weighted by atomic mass is 16.2. The molecule has 0 heterocycles. The smallest absolute Gasteiger partial charge is 0.244 e. The van der Waals surface area contributed by atoms with E-state index in [1.807, 2.05) is 37.3 Å². The Morgan fingerprint density at radius 2 is 2.00 bits per heavy atom. The van der Waals surface area contributed by atoms with Crippen molar-refractivity contribution in [1.29, 1.82) is 5.26 Å². The van der Waals surface area contributed by atoms with Gasteiger partial charge in [0, 0.05) is 12.7 Å². The minimum Gasteiger partial charge on any atom is -0.314 e. The van der Waals surface area contributed by atoms with Crippen molar-refractivity contribution in [2.45, 2.75) is 40.0 Å². The molecule has 24 heavy (non-hydrogen) atoms. The number of anilines is 1. The SMILES string of the molecule is C=C(C)[C@H]1CCC(C)(C)C[C@@H]1[C@H](C#N)C(=O)N(C)c1ccccc1. The number of nitrogens with zero attached hydrogens (tertiary/aromatic N) is 2. The lowest BCUT2D eigenvalue weighted by Gasteiger charge is -2.43. The Bertz CT molecular complexity index is 642. The molecule has 1 amide bonds. The number of nitriles is 1. The molecule has 1 aromatic carbocycles. The summed E-state index contributed by atoms with van der Waals surface area (Å²) in [4.78, 5) is 14.6. The average Bonchev–Trinajstić information content (AvgIpc) is 2.54. The van der Waals surface area contributed by atoms with Crippen LogP contribution in [0, 0.1) is 34.5 Å². The fourth-order valence-corrected chi connectivity index (χ4v) is 3.93. The van der Waals surface area contributed by atoms with E-state index in [1.54, 1.807) is 11.9 Å². The van der Waals surface area contributed by atoms with Gasteiger partial charge in [0.2, 0.25) is 5.91 Å². The van der Waals surface area contributed by atoms with Gasteiger partial charge >= 0.3 is 0 Å². The number of amides is 1. The topological polar surface area (TPSA) is 44.1 Å². The first-order chi connectivity index (χ1) is 11.3. The monoisotopic (exact) mass is 324 g/mol. The minimum absolute atomic E-state index is 0.0370. The van der Waals surface area contributed by atoms with E-state index in [-0.39, 0.29) is 23.2 Å². The molecule has 0 N–H and O–H groups in total. The first kappa shape index (κ1) is 18.3. The van der Waals surface area contributed by atoms with Gasteiger partial charge in [0.15, 0.2) is 0 Å². The zero-order valence-corrected chi connectivity index (χ0v) is 15.2. The lowest BCUT2D eigenvalue weighted by molar-refractivity contribution is -0.123. The third-order valence-corrected chi connectivity index (χ3v) is 5.38. The van der Waals surface area contributed by atoms with E-state index in [9.17, 15) is 10.1 Å². The van der Waals surface area contributed by atoms with Gasteiger partial charge in [-0.2, -0.15) is 5.26 Å². The highest BCUT2D eigenvalue weighted by Crippen LogP contribution is 2.47. The summed E-state index contributed by atoms with van der Waals surface area (Å²) in [6.07, 6.45) is 3.01. The molecule has 0 saturated heterocycles. The van der Waals surface area contributed by atoms with Crippen molar-refractivity contribution in [2.75, 3.05) is 11.9 Å². The van der Waals surface area contributed by atoms with Crippen LogP contribution in [-0.4, -0.2) is 13.0 Å². The number of para-hydroxylation sites is 1. The predicted molar refractivity (Wildman–Crippen MR) is 98.4 cm³/mol. The molecular formula is C21H28N2O. The number of rotatable bonds is 4. The van der Waals surface area contributed by atoms with Crippen molar-refractivity contribution in [3.8, 4) is 6.07 Å². The van der Waals surface area contributed by atoms with E-state index in [4.69, 9.17) is 0 Å². The zero-order valence-electron chi connectivity index (χ0n) is 15.2. The van der Waals surface area contributed by atoms with Gasteiger partial charge in [-0.25, -0.2) is 0 Å². The summed E-state index contributed by atoms with van der Waals surface area (Å²) in [5.74, 6) is -0.458. The van der Waals surface area contributed by atoms with Crippen LogP contribution in [0.2, 0.25) is 0 Å². The van der Waals surface area contributed by atoms with Crippen LogP contribution in [0.25, 0.3) is 0 Å². The van der Waals surface area contributed by atoms with Crippen molar-refractivity contribution in [1.82, 2.24) is 0 Å². The summed E-state index contributed by atoms with van der Waals surface area (Å²) >= 11 is 0. The molecule has 0 aromatic heterocycles. The second-order valence-electron chi connectivity index (χ2n) is 7.86. The first-order valence-corrected chi connectivity index (χ1v) is 8.64. The van der Waals surface area contributed by atoms with Crippen molar-refractivity contribution < 1.29 is 4.79 Å². The molecule has 128 valence electrons. The molecule has 1 fully saturated rings. The first-order valence-electron chi connectivity index (χ1n) is 8.64.